The summed E-state index contributed by atoms with van der Waals surface area (Å²) in [5, 5.41) is 11.5. The van der Waals surface area contributed by atoms with Crippen molar-refractivity contribution >= 4 is 56.7 Å². The molecule has 5 rings (SSSR count). The van der Waals surface area contributed by atoms with Gasteiger partial charge in [0.15, 0.2) is 0 Å². The largest absolute Gasteiger partial charge is 0.143 e. The lowest BCUT2D eigenvalue weighted by molar-refractivity contribution is 0.652. The number of unbranched alkanes of at least 4 members (excludes halogenated alkanes) is 6. The van der Waals surface area contributed by atoms with Gasteiger partial charge in [0.2, 0.25) is 0 Å². The Morgan fingerprint density at radius 2 is 1.11 bits per heavy atom. The van der Waals surface area contributed by atoms with Crippen molar-refractivity contribution in [2.24, 2.45) is 0 Å². The lowest BCUT2D eigenvalue weighted by Crippen LogP contribution is -1.94. The predicted molar refractivity (Wildman–Crippen MR) is 173 cm³/mol. The van der Waals surface area contributed by atoms with Gasteiger partial charge in [0.05, 0.1) is 4.88 Å². The number of hydrogen-bond donors (Lipinski definition) is 0. The maximum Gasteiger partial charge on any atom is 0.0529 e. The third kappa shape index (κ3) is 6.23. The van der Waals surface area contributed by atoms with Crippen LogP contribution in [0.2, 0.25) is 0 Å². The summed E-state index contributed by atoms with van der Waals surface area (Å²) < 4.78 is 0. The molecule has 37 heavy (non-hydrogen) atoms. The van der Waals surface area contributed by atoms with Crippen molar-refractivity contribution in [1.82, 2.24) is 0 Å². The first kappa shape index (κ1) is 27.1. The molecule has 5 aromatic rings. The molecule has 0 aliphatic heterocycles. The SMILES string of the molecule is CCCCCCc1csc(-c2ccsc2-c2ccsc2-c2ccsc2-c2cccs2)c1CCCCCC. The van der Waals surface area contributed by atoms with Gasteiger partial charge in [-0.15, -0.1) is 56.7 Å². The second-order valence-corrected chi connectivity index (χ2v) is 14.2. The van der Waals surface area contributed by atoms with Crippen LogP contribution in [0.25, 0.3) is 41.1 Å². The Morgan fingerprint density at radius 1 is 0.514 bits per heavy atom. The molecule has 0 nitrogen and oxygen atoms in total. The van der Waals surface area contributed by atoms with Gasteiger partial charge in [0, 0.05) is 36.2 Å². The van der Waals surface area contributed by atoms with Crippen LogP contribution < -0.4 is 0 Å². The van der Waals surface area contributed by atoms with Crippen molar-refractivity contribution in [3.05, 3.63) is 68.4 Å². The molecular formula is C32H36S5. The van der Waals surface area contributed by atoms with Gasteiger partial charge in [0.1, 0.15) is 0 Å². The third-order valence-corrected chi connectivity index (χ3v) is 12.0. The zero-order valence-corrected chi connectivity index (χ0v) is 26.0. The molecule has 5 heteroatoms. The van der Waals surface area contributed by atoms with Crippen LogP contribution in [0.1, 0.15) is 76.3 Å². The van der Waals surface area contributed by atoms with Gasteiger partial charge in [0.25, 0.3) is 0 Å². The van der Waals surface area contributed by atoms with Crippen LogP contribution in [-0.2, 0) is 12.8 Å². The van der Waals surface area contributed by atoms with E-state index in [0.717, 1.165) is 0 Å². The Kier molecular flexibility index (Phi) is 9.90. The third-order valence-electron chi connectivity index (χ3n) is 7.04. The standard InChI is InChI=1S/C32H36S5/c1-3-5-7-9-12-23-22-37-29(24(23)13-10-8-6-4-2)25-15-19-34-30(25)26-16-20-35-31(26)27-17-21-36-32(27)28-14-11-18-33-28/h11,14-22H,3-10,12-13H2,1-2H3. The first-order valence-corrected chi connectivity index (χ1v) is 18.1. The highest BCUT2D eigenvalue weighted by Crippen LogP contribution is 2.50. The molecule has 0 saturated carbocycles. The van der Waals surface area contributed by atoms with Crippen LogP contribution in [0, 0.1) is 0 Å². The number of hydrogen-bond acceptors (Lipinski definition) is 5. The molecule has 0 bridgehead atoms. The summed E-state index contributed by atoms with van der Waals surface area (Å²) in [7, 11) is 0. The monoisotopic (exact) mass is 580 g/mol. The zero-order valence-electron chi connectivity index (χ0n) is 21.9. The van der Waals surface area contributed by atoms with Gasteiger partial charge in [-0.3, -0.25) is 0 Å². The summed E-state index contributed by atoms with van der Waals surface area (Å²) in [5.41, 5.74) is 7.50. The van der Waals surface area contributed by atoms with E-state index in [2.05, 4.69) is 71.1 Å². The molecule has 0 aliphatic carbocycles. The van der Waals surface area contributed by atoms with Crippen molar-refractivity contribution < 1.29 is 0 Å². The Labute approximate surface area is 242 Å². The molecule has 194 valence electrons. The van der Waals surface area contributed by atoms with Crippen molar-refractivity contribution in [2.75, 3.05) is 0 Å². The van der Waals surface area contributed by atoms with E-state index in [1.165, 1.54) is 105 Å². The normalized spacial score (nSPS) is 11.5. The molecule has 5 aromatic heterocycles. The maximum atomic E-state index is 2.49. The van der Waals surface area contributed by atoms with Crippen molar-refractivity contribution in [1.29, 1.82) is 0 Å². The van der Waals surface area contributed by atoms with E-state index in [9.17, 15) is 0 Å². The highest BCUT2D eigenvalue weighted by Gasteiger charge is 2.22. The maximum absolute atomic E-state index is 2.49. The highest BCUT2D eigenvalue weighted by molar-refractivity contribution is 7.22. The Bertz CT molecular complexity index is 1360. The lowest BCUT2D eigenvalue weighted by Gasteiger charge is -2.10. The molecule has 0 fully saturated rings. The summed E-state index contributed by atoms with van der Waals surface area (Å²) in [5.74, 6) is 0. The minimum atomic E-state index is 1.22. The summed E-state index contributed by atoms with van der Waals surface area (Å²) in [4.78, 5) is 7.15. The molecule has 0 unspecified atom stereocenters. The Balaban J connectivity index is 1.49. The Hall–Kier alpha value is -1.50. The van der Waals surface area contributed by atoms with E-state index >= 15 is 0 Å². The van der Waals surface area contributed by atoms with Gasteiger partial charge in [-0.2, -0.15) is 0 Å². The average molecular weight is 581 g/mol. The van der Waals surface area contributed by atoms with Crippen LogP contribution in [0.15, 0.2) is 57.2 Å². The van der Waals surface area contributed by atoms with Crippen LogP contribution in [0.5, 0.6) is 0 Å². The summed E-state index contributed by atoms with van der Waals surface area (Å²) in [6, 6.07) is 11.5. The number of thiophene rings is 5. The average Bonchev–Trinajstić information content (AvgIpc) is 3.72. The molecule has 0 amide bonds. The van der Waals surface area contributed by atoms with E-state index in [1.807, 2.05) is 56.7 Å². The fourth-order valence-electron chi connectivity index (χ4n) is 5.08. The van der Waals surface area contributed by atoms with Crippen molar-refractivity contribution in [2.45, 2.75) is 78.1 Å². The van der Waals surface area contributed by atoms with Gasteiger partial charge < -0.3 is 0 Å². The number of rotatable bonds is 14. The van der Waals surface area contributed by atoms with E-state index in [0.29, 0.717) is 0 Å². The van der Waals surface area contributed by atoms with E-state index < -0.39 is 0 Å². The fraction of sp³-hybridized carbons (Fsp3) is 0.375. The summed E-state index contributed by atoms with van der Waals surface area (Å²) >= 11 is 9.49. The van der Waals surface area contributed by atoms with Gasteiger partial charge in [-0.05, 0) is 88.0 Å². The smallest absolute Gasteiger partial charge is 0.0529 e. The predicted octanol–water partition coefficient (Wildman–Crippen LogP) is 12.9. The molecule has 0 aromatic carbocycles. The molecule has 0 spiro atoms. The minimum absolute atomic E-state index is 1.22. The molecule has 0 atom stereocenters. The van der Waals surface area contributed by atoms with Gasteiger partial charge in [-0.1, -0.05) is 58.4 Å². The molecule has 0 radical (unpaired) electrons. The summed E-state index contributed by atoms with van der Waals surface area (Å²) in [6.45, 7) is 4.61. The topological polar surface area (TPSA) is 0 Å². The lowest BCUT2D eigenvalue weighted by atomic mass is 9.96. The van der Waals surface area contributed by atoms with Crippen LogP contribution in [0.4, 0.5) is 0 Å². The second-order valence-electron chi connectivity index (χ2n) is 9.66. The molecular weight excluding hydrogens is 545 g/mol. The first-order chi connectivity index (χ1) is 18.3. The quantitative estimate of drug-likeness (QED) is 0.115. The Morgan fingerprint density at radius 3 is 1.73 bits per heavy atom. The van der Waals surface area contributed by atoms with Gasteiger partial charge >= 0.3 is 0 Å². The van der Waals surface area contributed by atoms with Crippen LogP contribution >= 0.6 is 56.7 Å². The minimum Gasteiger partial charge on any atom is -0.143 e. The van der Waals surface area contributed by atoms with Crippen LogP contribution in [0.3, 0.4) is 0 Å². The van der Waals surface area contributed by atoms with Crippen molar-refractivity contribution in [3.63, 3.8) is 0 Å². The molecule has 0 N–H and O–H groups in total. The molecule has 5 heterocycles. The fourth-order valence-corrected chi connectivity index (χ4v) is 10.1. The number of aryl methyl sites for hydroxylation is 1. The van der Waals surface area contributed by atoms with Crippen LogP contribution in [-0.4, -0.2) is 0 Å². The zero-order chi connectivity index (χ0) is 25.5. The van der Waals surface area contributed by atoms with Gasteiger partial charge in [-0.25, -0.2) is 0 Å². The summed E-state index contributed by atoms with van der Waals surface area (Å²) in [6.07, 6.45) is 13.1. The second kappa shape index (κ2) is 13.5. The van der Waals surface area contributed by atoms with Crippen molar-refractivity contribution in [3.8, 4) is 41.1 Å². The molecule has 0 saturated heterocycles. The first-order valence-electron chi connectivity index (χ1n) is 13.7. The molecule has 0 aliphatic rings. The van der Waals surface area contributed by atoms with E-state index in [-0.39, 0.29) is 0 Å². The van der Waals surface area contributed by atoms with E-state index in [1.54, 1.807) is 11.1 Å². The van der Waals surface area contributed by atoms with E-state index in [4.69, 9.17) is 0 Å². The highest BCUT2D eigenvalue weighted by atomic mass is 32.1.